The van der Waals surface area contributed by atoms with Gasteiger partial charge in [0.15, 0.2) is 5.82 Å². The standard InChI is InChI=1S/C17H16N4O3/c1-11(2)20-10-6-9-13(15(20)22)14-18-16(23)21(17(24)19-14)12-7-4-3-5-8-12/h3-11H,1-2H3,(H,18,19,23,24). The maximum absolute atomic E-state index is 12.5. The SMILES string of the molecule is CC(C)n1cccc(-c2nc(=O)n(-c3ccccc3)c(=O)[nH]2)c1=O. The molecule has 0 amide bonds. The third-order valence-electron chi connectivity index (χ3n) is 3.63. The summed E-state index contributed by atoms with van der Waals surface area (Å²) in [6, 6.07) is 11.6. The summed E-state index contributed by atoms with van der Waals surface area (Å²) in [6.45, 7) is 3.74. The van der Waals surface area contributed by atoms with Crippen LogP contribution in [0.1, 0.15) is 19.9 Å². The fraction of sp³-hybridized carbons (Fsp3) is 0.176. The lowest BCUT2D eigenvalue weighted by Gasteiger charge is -2.11. The molecule has 0 aliphatic rings. The number of aromatic nitrogens is 4. The summed E-state index contributed by atoms with van der Waals surface area (Å²) >= 11 is 0. The predicted molar refractivity (Wildman–Crippen MR) is 90.5 cm³/mol. The quantitative estimate of drug-likeness (QED) is 0.787. The number of para-hydroxylation sites is 1. The first-order valence-corrected chi connectivity index (χ1v) is 7.49. The summed E-state index contributed by atoms with van der Waals surface area (Å²) in [4.78, 5) is 43.5. The average Bonchev–Trinajstić information content (AvgIpc) is 2.55. The zero-order chi connectivity index (χ0) is 17.3. The average molecular weight is 324 g/mol. The molecule has 7 nitrogen and oxygen atoms in total. The highest BCUT2D eigenvalue weighted by Gasteiger charge is 2.13. The number of hydrogen-bond donors (Lipinski definition) is 1. The molecular weight excluding hydrogens is 308 g/mol. The molecule has 0 aliphatic carbocycles. The number of nitrogens with one attached hydrogen (secondary N) is 1. The number of rotatable bonds is 3. The van der Waals surface area contributed by atoms with Gasteiger partial charge >= 0.3 is 11.4 Å². The van der Waals surface area contributed by atoms with Crippen LogP contribution in [0, 0.1) is 0 Å². The van der Waals surface area contributed by atoms with Crippen LogP contribution in [-0.4, -0.2) is 19.1 Å². The first kappa shape index (κ1) is 15.7. The first-order valence-electron chi connectivity index (χ1n) is 7.49. The Balaban J connectivity index is 2.20. The number of benzene rings is 1. The number of aromatic amines is 1. The third-order valence-corrected chi connectivity index (χ3v) is 3.63. The molecule has 0 aliphatic heterocycles. The van der Waals surface area contributed by atoms with E-state index in [4.69, 9.17) is 0 Å². The van der Waals surface area contributed by atoms with Gasteiger partial charge in [-0.05, 0) is 38.1 Å². The Morgan fingerprint density at radius 3 is 2.33 bits per heavy atom. The first-order chi connectivity index (χ1) is 11.5. The summed E-state index contributed by atoms with van der Waals surface area (Å²) in [5.41, 5.74) is -1.10. The van der Waals surface area contributed by atoms with E-state index in [-0.39, 0.29) is 23.0 Å². The van der Waals surface area contributed by atoms with Crippen molar-refractivity contribution >= 4 is 0 Å². The van der Waals surface area contributed by atoms with Crippen LogP contribution in [0.15, 0.2) is 63.0 Å². The summed E-state index contributed by atoms with van der Waals surface area (Å²) in [7, 11) is 0. The maximum Gasteiger partial charge on any atom is 0.358 e. The number of hydrogen-bond acceptors (Lipinski definition) is 4. The second kappa shape index (κ2) is 6.11. The summed E-state index contributed by atoms with van der Waals surface area (Å²) < 4.78 is 2.44. The van der Waals surface area contributed by atoms with Gasteiger partial charge < -0.3 is 4.57 Å². The van der Waals surface area contributed by atoms with E-state index in [1.807, 2.05) is 13.8 Å². The van der Waals surface area contributed by atoms with Crippen molar-refractivity contribution in [1.82, 2.24) is 19.1 Å². The minimum Gasteiger partial charge on any atom is -0.312 e. The van der Waals surface area contributed by atoms with Crippen molar-refractivity contribution in [2.24, 2.45) is 0 Å². The van der Waals surface area contributed by atoms with E-state index >= 15 is 0 Å². The van der Waals surface area contributed by atoms with Crippen LogP contribution in [0.5, 0.6) is 0 Å². The number of nitrogens with zero attached hydrogens (tertiary/aromatic N) is 3. The van der Waals surface area contributed by atoms with Crippen molar-refractivity contribution in [1.29, 1.82) is 0 Å². The minimum atomic E-state index is -0.737. The van der Waals surface area contributed by atoms with Crippen molar-refractivity contribution < 1.29 is 0 Å². The molecule has 2 heterocycles. The van der Waals surface area contributed by atoms with Gasteiger partial charge in [0.2, 0.25) is 0 Å². The Labute approximate surface area is 136 Å². The number of H-pyrrole nitrogens is 1. The zero-order valence-electron chi connectivity index (χ0n) is 13.3. The molecule has 0 fully saturated rings. The molecule has 3 rings (SSSR count). The molecule has 0 saturated heterocycles. The molecule has 2 aromatic heterocycles. The van der Waals surface area contributed by atoms with Crippen LogP contribution >= 0.6 is 0 Å². The van der Waals surface area contributed by atoms with Crippen LogP contribution in [0.3, 0.4) is 0 Å². The van der Waals surface area contributed by atoms with E-state index < -0.39 is 11.4 Å². The lowest BCUT2D eigenvalue weighted by Crippen LogP contribution is -2.37. The molecule has 0 bridgehead atoms. The van der Waals surface area contributed by atoms with E-state index in [0.717, 1.165) is 4.57 Å². The van der Waals surface area contributed by atoms with Crippen LogP contribution in [0.4, 0.5) is 0 Å². The van der Waals surface area contributed by atoms with Crippen LogP contribution < -0.4 is 16.9 Å². The topological polar surface area (TPSA) is 89.8 Å². The molecule has 0 saturated carbocycles. The van der Waals surface area contributed by atoms with Crippen LogP contribution in [0.2, 0.25) is 0 Å². The van der Waals surface area contributed by atoms with Gasteiger partial charge in [0.1, 0.15) is 0 Å². The molecule has 24 heavy (non-hydrogen) atoms. The van der Waals surface area contributed by atoms with Crippen molar-refractivity contribution in [3.63, 3.8) is 0 Å². The summed E-state index contributed by atoms with van der Waals surface area (Å²) in [6.07, 6.45) is 1.65. The van der Waals surface area contributed by atoms with Crippen LogP contribution in [0.25, 0.3) is 17.1 Å². The van der Waals surface area contributed by atoms with E-state index in [2.05, 4.69) is 9.97 Å². The van der Waals surface area contributed by atoms with Gasteiger partial charge in [-0.2, -0.15) is 4.98 Å². The Bertz CT molecular complexity index is 1010. The maximum atomic E-state index is 12.5. The Morgan fingerprint density at radius 1 is 1.00 bits per heavy atom. The van der Waals surface area contributed by atoms with Gasteiger partial charge in [0, 0.05) is 12.2 Å². The molecule has 0 unspecified atom stereocenters. The molecule has 122 valence electrons. The van der Waals surface area contributed by atoms with Gasteiger partial charge in [-0.3, -0.25) is 9.78 Å². The monoisotopic (exact) mass is 324 g/mol. The second-order valence-corrected chi connectivity index (χ2v) is 5.57. The van der Waals surface area contributed by atoms with Crippen molar-refractivity contribution in [2.75, 3.05) is 0 Å². The van der Waals surface area contributed by atoms with E-state index in [9.17, 15) is 14.4 Å². The third kappa shape index (κ3) is 2.71. The highest BCUT2D eigenvalue weighted by molar-refractivity contribution is 5.52. The Hall–Kier alpha value is -3.22. The van der Waals surface area contributed by atoms with Gasteiger partial charge in [-0.1, -0.05) is 18.2 Å². The second-order valence-electron chi connectivity index (χ2n) is 5.57. The van der Waals surface area contributed by atoms with Gasteiger partial charge in [-0.25, -0.2) is 14.2 Å². The fourth-order valence-electron chi connectivity index (χ4n) is 2.45. The molecule has 0 atom stereocenters. The van der Waals surface area contributed by atoms with E-state index in [1.54, 1.807) is 42.6 Å². The fourth-order valence-corrected chi connectivity index (χ4v) is 2.45. The summed E-state index contributed by atoms with van der Waals surface area (Å²) in [5.74, 6) is -0.0304. The molecule has 0 radical (unpaired) electrons. The molecular formula is C17H16N4O3. The van der Waals surface area contributed by atoms with Gasteiger partial charge in [0.25, 0.3) is 5.56 Å². The normalized spacial score (nSPS) is 11.0. The van der Waals surface area contributed by atoms with E-state index in [1.165, 1.54) is 10.6 Å². The lowest BCUT2D eigenvalue weighted by atomic mass is 10.2. The van der Waals surface area contributed by atoms with Crippen molar-refractivity contribution in [3.05, 3.63) is 80.0 Å². The minimum absolute atomic E-state index is 0.0304. The molecule has 7 heteroatoms. The smallest absolute Gasteiger partial charge is 0.312 e. The Kier molecular flexibility index (Phi) is 3.99. The predicted octanol–water partition coefficient (Wildman–Crippen LogP) is 1.33. The zero-order valence-corrected chi connectivity index (χ0v) is 13.3. The Morgan fingerprint density at radius 2 is 1.71 bits per heavy atom. The van der Waals surface area contributed by atoms with Crippen LogP contribution in [-0.2, 0) is 0 Å². The van der Waals surface area contributed by atoms with Gasteiger partial charge in [-0.15, -0.1) is 0 Å². The lowest BCUT2D eigenvalue weighted by molar-refractivity contribution is 0.579. The molecule has 1 aromatic carbocycles. The highest BCUT2D eigenvalue weighted by atomic mass is 16.2. The number of pyridine rings is 1. The highest BCUT2D eigenvalue weighted by Crippen LogP contribution is 2.09. The van der Waals surface area contributed by atoms with E-state index in [0.29, 0.717) is 5.69 Å². The summed E-state index contributed by atoms with van der Waals surface area (Å²) in [5, 5.41) is 0. The van der Waals surface area contributed by atoms with Gasteiger partial charge in [0.05, 0.1) is 11.3 Å². The van der Waals surface area contributed by atoms with Crippen molar-refractivity contribution in [2.45, 2.75) is 19.9 Å². The largest absolute Gasteiger partial charge is 0.358 e. The van der Waals surface area contributed by atoms with Crippen molar-refractivity contribution in [3.8, 4) is 17.1 Å². The molecule has 0 spiro atoms. The molecule has 1 N–H and O–H groups in total. The molecule has 3 aromatic rings.